The summed E-state index contributed by atoms with van der Waals surface area (Å²) in [6.45, 7) is 0. The Labute approximate surface area is 268 Å². The van der Waals surface area contributed by atoms with Gasteiger partial charge in [0.1, 0.15) is 11.4 Å². The number of benzene rings is 4. The second-order valence-corrected chi connectivity index (χ2v) is 11.3. The largest absolute Gasteiger partial charge is 0.320 e. The summed E-state index contributed by atoms with van der Waals surface area (Å²) in [6.07, 6.45) is 3.28. The molecule has 0 aliphatic rings. The molecule has 0 spiro atoms. The molecule has 4 amide bonds. The molecular formula is C35H31N5O5S. The van der Waals surface area contributed by atoms with Crippen LogP contribution in [0.3, 0.4) is 0 Å². The number of carbonyl (C=O) groups excluding carboxylic acids is 4. The molecule has 1 aromatic heterocycles. The van der Waals surface area contributed by atoms with E-state index in [9.17, 15) is 23.4 Å². The molecule has 46 heavy (non-hydrogen) atoms. The average Bonchev–Trinajstić information content (AvgIpc) is 3.07. The summed E-state index contributed by atoms with van der Waals surface area (Å²) >= 11 is 0. The predicted octanol–water partition coefficient (Wildman–Crippen LogP) is 6.09. The second kappa shape index (κ2) is 16.2. The lowest BCUT2D eigenvalue weighted by molar-refractivity contribution is 0.100. The molecule has 11 heteroatoms. The van der Waals surface area contributed by atoms with Crippen molar-refractivity contribution in [2.45, 2.75) is 0 Å². The standard InChI is InChI=1S/C33H25N5O4.C2H6OS/c39-30(22-12-3-1-4-13-22)35-24-16-7-9-18-26(24)37-32(41)28-20-11-21-29(34-28)33(42)38-27-19-10-8-17-25(27)36-31(40)23-14-5-2-6-15-23;1-4(2)3/h1-21H,(H,35,39)(H,36,40)(H,37,41)(H,38,42);1-2H3. The zero-order chi connectivity index (χ0) is 32.9. The highest BCUT2D eigenvalue weighted by Crippen LogP contribution is 2.24. The van der Waals surface area contributed by atoms with Crippen molar-refractivity contribution in [3.63, 3.8) is 0 Å². The van der Waals surface area contributed by atoms with Crippen LogP contribution < -0.4 is 21.3 Å². The molecule has 0 aliphatic carbocycles. The number of para-hydroxylation sites is 4. The SMILES string of the molecule is CS(C)=O.O=C(Nc1ccccc1NC(=O)c1cccc(C(=O)Nc2ccccc2NC(=O)c2ccccc2)n1)c1ccccc1. The molecule has 0 saturated carbocycles. The Morgan fingerprint density at radius 2 is 0.717 bits per heavy atom. The van der Waals surface area contributed by atoms with E-state index in [1.807, 2.05) is 12.1 Å². The van der Waals surface area contributed by atoms with Crippen LogP contribution >= 0.6 is 0 Å². The first-order chi connectivity index (χ1) is 22.2. The number of hydrogen-bond acceptors (Lipinski definition) is 6. The number of nitrogens with zero attached hydrogens (tertiary/aromatic N) is 1. The molecule has 0 fully saturated rings. The lowest BCUT2D eigenvalue weighted by atomic mass is 10.2. The van der Waals surface area contributed by atoms with Gasteiger partial charge in [-0.15, -0.1) is 0 Å². The summed E-state index contributed by atoms with van der Waals surface area (Å²) in [5.41, 5.74) is 2.49. The van der Waals surface area contributed by atoms with Gasteiger partial charge in [0.25, 0.3) is 23.6 Å². The van der Waals surface area contributed by atoms with Crippen molar-refractivity contribution in [2.24, 2.45) is 0 Å². The first-order valence-corrected chi connectivity index (χ1v) is 15.9. The molecule has 0 atom stereocenters. The summed E-state index contributed by atoms with van der Waals surface area (Å²) in [7, 11) is -0.611. The van der Waals surface area contributed by atoms with Crippen molar-refractivity contribution in [3.8, 4) is 0 Å². The van der Waals surface area contributed by atoms with Crippen molar-refractivity contribution >= 4 is 57.2 Å². The second-order valence-electron chi connectivity index (χ2n) is 9.79. The number of pyridine rings is 1. The number of carbonyl (C=O) groups is 4. The Bertz CT molecular complexity index is 1740. The van der Waals surface area contributed by atoms with Gasteiger partial charge in [0.15, 0.2) is 0 Å². The maximum Gasteiger partial charge on any atom is 0.274 e. The molecule has 5 aromatic rings. The van der Waals surface area contributed by atoms with Crippen molar-refractivity contribution in [2.75, 3.05) is 33.8 Å². The third-order valence-electron chi connectivity index (χ3n) is 6.13. The summed E-state index contributed by atoms with van der Waals surface area (Å²) in [4.78, 5) is 55.7. The van der Waals surface area contributed by atoms with E-state index in [-0.39, 0.29) is 23.2 Å². The number of rotatable bonds is 8. The third-order valence-corrected chi connectivity index (χ3v) is 6.13. The van der Waals surface area contributed by atoms with E-state index in [0.717, 1.165) is 0 Å². The van der Waals surface area contributed by atoms with E-state index in [2.05, 4.69) is 26.3 Å². The molecule has 0 bridgehead atoms. The van der Waals surface area contributed by atoms with Crippen LogP contribution in [0, 0.1) is 0 Å². The van der Waals surface area contributed by atoms with Gasteiger partial charge in [-0.2, -0.15) is 0 Å². The molecule has 232 valence electrons. The number of amides is 4. The fraction of sp³-hybridized carbons (Fsp3) is 0.0571. The first-order valence-electron chi connectivity index (χ1n) is 14.0. The first kappa shape index (κ1) is 33.0. The molecule has 4 aromatic carbocycles. The third kappa shape index (κ3) is 9.53. The van der Waals surface area contributed by atoms with Crippen LogP contribution in [-0.4, -0.2) is 45.3 Å². The minimum absolute atomic E-state index is 0.00231. The summed E-state index contributed by atoms with van der Waals surface area (Å²) in [5, 5.41) is 11.1. The van der Waals surface area contributed by atoms with Crippen LogP contribution in [0.1, 0.15) is 41.7 Å². The molecule has 0 unspecified atom stereocenters. The summed E-state index contributed by atoms with van der Waals surface area (Å²) < 4.78 is 9.56. The van der Waals surface area contributed by atoms with Crippen LogP contribution in [0.5, 0.6) is 0 Å². The van der Waals surface area contributed by atoms with Gasteiger partial charge in [0, 0.05) is 34.4 Å². The Hall–Kier alpha value is -5.94. The van der Waals surface area contributed by atoms with Gasteiger partial charge < -0.3 is 21.3 Å². The van der Waals surface area contributed by atoms with Crippen LogP contribution in [0.4, 0.5) is 22.7 Å². The Morgan fingerprint density at radius 1 is 0.435 bits per heavy atom. The monoisotopic (exact) mass is 633 g/mol. The lowest BCUT2D eigenvalue weighted by Gasteiger charge is -2.13. The predicted molar refractivity (Wildman–Crippen MR) is 182 cm³/mol. The lowest BCUT2D eigenvalue weighted by Crippen LogP contribution is -2.20. The quantitative estimate of drug-likeness (QED) is 0.163. The summed E-state index contributed by atoms with van der Waals surface area (Å²) in [5.74, 6) is -1.79. The highest BCUT2D eigenvalue weighted by molar-refractivity contribution is 7.83. The summed E-state index contributed by atoms with van der Waals surface area (Å²) in [6, 6.07) is 35.5. The molecule has 5 rings (SSSR count). The Kier molecular flexibility index (Phi) is 11.6. The minimum atomic E-state index is -0.611. The van der Waals surface area contributed by atoms with E-state index >= 15 is 0 Å². The van der Waals surface area contributed by atoms with Crippen LogP contribution in [0.2, 0.25) is 0 Å². The number of aromatic nitrogens is 1. The van der Waals surface area contributed by atoms with Gasteiger partial charge in [0.2, 0.25) is 0 Å². The van der Waals surface area contributed by atoms with Crippen LogP contribution in [0.25, 0.3) is 0 Å². The maximum absolute atomic E-state index is 13.1. The van der Waals surface area contributed by atoms with Gasteiger partial charge >= 0.3 is 0 Å². The van der Waals surface area contributed by atoms with E-state index < -0.39 is 22.6 Å². The molecule has 0 aliphatic heterocycles. The zero-order valence-corrected chi connectivity index (χ0v) is 25.8. The van der Waals surface area contributed by atoms with E-state index in [1.165, 1.54) is 12.1 Å². The van der Waals surface area contributed by atoms with E-state index in [0.29, 0.717) is 33.9 Å². The Balaban J connectivity index is 0.00000113. The molecule has 0 radical (unpaired) electrons. The number of hydrogen-bond donors (Lipinski definition) is 4. The van der Waals surface area contributed by atoms with Gasteiger partial charge in [-0.1, -0.05) is 66.7 Å². The van der Waals surface area contributed by atoms with Gasteiger partial charge in [-0.05, 0) is 60.7 Å². The average molecular weight is 634 g/mol. The van der Waals surface area contributed by atoms with Gasteiger partial charge in [-0.25, -0.2) is 4.98 Å². The Morgan fingerprint density at radius 3 is 1.04 bits per heavy atom. The fourth-order valence-electron chi connectivity index (χ4n) is 4.03. The molecule has 10 nitrogen and oxygen atoms in total. The van der Waals surface area contributed by atoms with Crippen molar-refractivity contribution < 1.29 is 23.4 Å². The normalized spacial score (nSPS) is 10.2. The fourth-order valence-corrected chi connectivity index (χ4v) is 4.03. The molecule has 4 N–H and O–H groups in total. The molecule has 0 saturated heterocycles. The van der Waals surface area contributed by atoms with Crippen molar-refractivity contribution in [3.05, 3.63) is 150 Å². The topological polar surface area (TPSA) is 146 Å². The van der Waals surface area contributed by atoms with E-state index in [1.54, 1.807) is 116 Å². The van der Waals surface area contributed by atoms with Crippen LogP contribution in [-0.2, 0) is 10.8 Å². The van der Waals surface area contributed by atoms with E-state index in [4.69, 9.17) is 0 Å². The van der Waals surface area contributed by atoms with Gasteiger partial charge in [-0.3, -0.25) is 23.4 Å². The maximum atomic E-state index is 13.1. The van der Waals surface area contributed by atoms with Crippen molar-refractivity contribution in [1.29, 1.82) is 0 Å². The highest BCUT2D eigenvalue weighted by atomic mass is 32.2. The van der Waals surface area contributed by atoms with Crippen molar-refractivity contribution in [1.82, 2.24) is 4.98 Å². The smallest absolute Gasteiger partial charge is 0.274 e. The van der Waals surface area contributed by atoms with Crippen LogP contribution in [0.15, 0.2) is 127 Å². The molecule has 1 heterocycles. The highest BCUT2D eigenvalue weighted by Gasteiger charge is 2.17. The zero-order valence-electron chi connectivity index (χ0n) is 25.0. The minimum Gasteiger partial charge on any atom is -0.320 e. The van der Waals surface area contributed by atoms with Gasteiger partial charge in [0.05, 0.1) is 22.7 Å². The number of anilines is 4. The molecular weight excluding hydrogens is 602 g/mol. The number of nitrogens with one attached hydrogen (secondary N) is 4.